The first kappa shape index (κ1) is 14.4. The van der Waals surface area contributed by atoms with Crippen molar-refractivity contribution in [1.29, 1.82) is 0 Å². The van der Waals surface area contributed by atoms with E-state index >= 15 is 0 Å². The topological polar surface area (TPSA) is 57.6 Å². The average molecular weight is 274 g/mol. The number of carboxylic acid groups (broad SMARTS) is 1. The first-order chi connectivity index (χ1) is 8.45. The van der Waals surface area contributed by atoms with Gasteiger partial charge in [0.05, 0.1) is 5.56 Å². The molecule has 0 saturated heterocycles. The van der Waals surface area contributed by atoms with Gasteiger partial charge in [0.15, 0.2) is 0 Å². The Hall–Kier alpha value is -1.62. The summed E-state index contributed by atoms with van der Waals surface area (Å²) in [4.78, 5) is 23.7. The van der Waals surface area contributed by atoms with E-state index in [0.29, 0.717) is 6.42 Å². The molecule has 0 saturated carbocycles. The molecule has 4 nitrogen and oxygen atoms in total. The number of amides is 1. The van der Waals surface area contributed by atoms with Gasteiger partial charge in [-0.3, -0.25) is 9.59 Å². The second-order valence-corrected chi connectivity index (χ2v) is 4.18. The van der Waals surface area contributed by atoms with Gasteiger partial charge in [0.2, 0.25) is 0 Å². The van der Waals surface area contributed by atoms with Crippen LogP contribution in [0, 0.1) is 5.82 Å². The van der Waals surface area contributed by atoms with Crippen molar-refractivity contribution >= 4 is 23.5 Å². The minimum absolute atomic E-state index is 0.172. The second-order valence-electron chi connectivity index (χ2n) is 3.74. The van der Waals surface area contributed by atoms with Crippen LogP contribution in [0.25, 0.3) is 0 Å². The highest BCUT2D eigenvalue weighted by Gasteiger charge is 2.20. The van der Waals surface area contributed by atoms with E-state index in [0.717, 1.165) is 11.0 Å². The fourth-order valence-electron chi connectivity index (χ4n) is 1.52. The van der Waals surface area contributed by atoms with Crippen LogP contribution in [0.3, 0.4) is 0 Å². The molecular formula is C12H13ClFNO3. The average Bonchev–Trinajstić information content (AvgIpc) is 2.27. The number of aliphatic carboxylic acids is 1. The van der Waals surface area contributed by atoms with E-state index in [1.54, 1.807) is 6.92 Å². The molecule has 0 heterocycles. The van der Waals surface area contributed by atoms with Crippen LogP contribution in [0.2, 0.25) is 5.02 Å². The van der Waals surface area contributed by atoms with Crippen LogP contribution in [0.1, 0.15) is 23.7 Å². The van der Waals surface area contributed by atoms with Gasteiger partial charge in [-0.25, -0.2) is 4.39 Å². The SMILES string of the molecule is CCCN(CC(=O)O)C(=O)c1ccc(Cl)cc1F. The number of nitrogens with zero attached hydrogens (tertiary/aromatic N) is 1. The Kier molecular flexibility index (Phi) is 5.09. The van der Waals surface area contributed by atoms with Gasteiger partial charge in [-0.15, -0.1) is 0 Å². The molecule has 1 aromatic carbocycles. The van der Waals surface area contributed by atoms with E-state index in [1.165, 1.54) is 12.1 Å². The highest BCUT2D eigenvalue weighted by atomic mass is 35.5. The Bertz CT molecular complexity index is 465. The number of carbonyl (C=O) groups is 2. The van der Waals surface area contributed by atoms with Gasteiger partial charge in [0, 0.05) is 11.6 Å². The molecule has 98 valence electrons. The summed E-state index contributed by atoms with van der Waals surface area (Å²) < 4.78 is 13.6. The summed E-state index contributed by atoms with van der Waals surface area (Å²) in [6.45, 7) is 1.61. The lowest BCUT2D eigenvalue weighted by atomic mass is 10.2. The number of rotatable bonds is 5. The van der Waals surface area contributed by atoms with Crippen LogP contribution < -0.4 is 0 Å². The number of benzene rings is 1. The first-order valence-electron chi connectivity index (χ1n) is 5.41. The van der Waals surface area contributed by atoms with Crippen molar-refractivity contribution in [2.75, 3.05) is 13.1 Å². The van der Waals surface area contributed by atoms with Crippen molar-refractivity contribution in [2.45, 2.75) is 13.3 Å². The van der Waals surface area contributed by atoms with Gasteiger partial charge >= 0.3 is 5.97 Å². The fourth-order valence-corrected chi connectivity index (χ4v) is 1.68. The molecule has 18 heavy (non-hydrogen) atoms. The second kappa shape index (κ2) is 6.35. The molecule has 0 aliphatic rings. The third-order valence-corrected chi connectivity index (χ3v) is 2.50. The number of halogens is 2. The van der Waals surface area contributed by atoms with Crippen LogP contribution in [-0.2, 0) is 4.79 Å². The Morgan fingerprint density at radius 1 is 1.44 bits per heavy atom. The largest absolute Gasteiger partial charge is 0.480 e. The Morgan fingerprint density at radius 2 is 2.11 bits per heavy atom. The van der Waals surface area contributed by atoms with E-state index in [9.17, 15) is 14.0 Å². The van der Waals surface area contributed by atoms with E-state index in [1.807, 2.05) is 0 Å². The lowest BCUT2D eigenvalue weighted by Gasteiger charge is -2.20. The van der Waals surface area contributed by atoms with Crippen molar-refractivity contribution < 1.29 is 19.1 Å². The van der Waals surface area contributed by atoms with E-state index < -0.39 is 24.2 Å². The summed E-state index contributed by atoms with van der Waals surface area (Å²) in [6.07, 6.45) is 0.591. The molecule has 0 radical (unpaired) electrons. The maximum Gasteiger partial charge on any atom is 0.323 e. The zero-order chi connectivity index (χ0) is 13.7. The highest BCUT2D eigenvalue weighted by molar-refractivity contribution is 6.30. The lowest BCUT2D eigenvalue weighted by molar-refractivity contribution is -0.137. The molecule has 1 aromatic rings. The van der Waals surface area contributed by atoms with Gasteiger partial charge in [-0.05, 0) is 24.6 Å². The number of hydrogen-bond acceptors (Lipinski definition) is 2. The van der Waals surface area contributed by atoms with Crippen LogP contribution in [-0.4, -0.2) is 35.0 Å². The molecule has 1 rings (SSSR count). The molecule has 0 bridgehead atoms. The smallest absolute Gasteiger partial charge is 0.323 e. The normalized spacial score (nSPS) is 10.2. The number of carboxylic acids is 1. The summed E-state index contributed by atoms with van der Waals surface area (Å²) in [6, 6.07) is 3.67. The number of carbonyl (C=O) groups excluding carboxylic acids is 1. The van der Waals surface area contributed by atoms with Crippen LogP contribution >= 0.6 is 11.6 Å². The predicted molar refractivity (Wildman–Crippen MR) is 65.2 cm³/mol. The van der Waals surface area contributed by atoms with Gasteiger partial charge < -0.3 is 10.0 Å². The standard InChI is InChI=1S/C12H13ClFNO3/c1-2-5-15(7-11(16)17)12(18)9-4-3-8(13)6-10(9)14/h3-4,6H,2,5,7H2,1H3,(H,16,17). The monoisotopic (exact) mass is 273 g/mol. The van der Waals surface area contributed by atoms with Crippen LogP contribution in [0.4, 0.5) is 4.39 Å². The Balaban J connectivity index is 2.97. The summed E-state index contributed by atoms with van der Waals surface area (Å²) in [5.74, 6) is -2.53. The van der Waals surface area contributed by atoms with Gasteiger partial charge in [0.1, 0.15) is 12.4 Å². The van der Waals surface area contributed by atoms with Crippen molar-refractivity contribution in [3.63, 3.8) is 0 Å². The molecule has 6 heteroatoms. The van der Waals surface area contributed by atoms with Gasteiger partial charge in [-0.2, -0.15) is 0 Å². The van der Waals surface area contributed by atoms with E-state index in [4.69, 9.17) is 16.7 Å². The minimum Gasteiger partial charge on any atom is -0.480 e. The summed E-state index contributed by atoms with van der Waals surface area (Å²) in [7, 11) is 0. The van der Waals surface area contributed by atoms with Crippen molar-refractivity contribution in [3.05, 3.63) is 34.6 Å². The first-order valence-corrected chi connectivity index (χ1v) is 5.79. The van der Waals surface area contributed by atoms with E-state index in [2.05, 4.69) is 0 Å². The van der Waals surface area contributed by atoms with Crippen LogP contribution in [0.15, 0.2) is 18.2 Å². The molecule has 0 aliphatic carbocycles. The molecule has 0 aromatic heterocycles. The Labute approximate surface area is 109 Å². The molecule has 0 atom stereocenters. The highest BCUT2D eigenvalue weighted by Crippen LogP contribution is 2.16. The molecule has 0 fully saturated rings. The summed E-state index contributed by atoms with van der Waals surface area (Å²) in [5.41, 5.74) is -0.172. The fraction of sp³-hybridized carbons (Fsp3) is 0.333. The molecule has 0 unspecified atom stereocenters. The summed E-state index contributed by atoms with van der Waals surface area (Å²) >= 11 is 5.59. The van der Waals surface area contributed by atoms with Gasteiger partial charge in [0.25, 0.3) is 5.91 Å². The maximum atomic E-state index is 13.6. The molecule has 0 spiro atoms. The molecule has 0 aliphatic heterocycles. The number of hydrogen-bond donors (Lipinski definition) is 1. The van der Waals surface area contributed by atoms with Crippen molar-refractivity contribution in [3.8, 4) is 0 Å². The third kappa shape index (κ3) is 3.70. The molecule has 1 amide bonds. The van der Waals surface area contributed by atoms with Crippen molar-refractivity contribution in [1.82, 2.24) is 4.90 Å². The molecular weight excluding hydrogens is 261 g/mol. The quantitative estimate of drug-likeness (QED) is 0.896. The zero-order valence-corrected chi connectivity index (χ0v) is 10.6. The third-order valence-electron chi connectivity index (χ3n) is 2.27. The lowest BCUT2D eigenvalue weighted by Crippen LogP contribution is -2.36. The summed E-state index contributed by atoms with van der Waals surface area (Å²) in [5, 5.41) is 8.90. The van der Waals surface area contributed by atoms with E-state index in [-0.39, 0.29) is 17.1 Å². The predicted octanol–water partition coefficient (Wildman–Crippen LogP) is 2.42. The minimum atomic E-state index is -1.13. The van der Waals surface area contributed by atoms with Crippen molar-refractivity contribution in [2.24, 2.45) is 0 Å². The Morgan fingerprint density at radius 3 is 2.61 bits per heavy atom. The van der Waals surface area contributed by atoms with Crippen LogP contribution in [0.5, 0.6) is 0 Å². The van der Waals surface area contributed by atoms with Gasteiger partial charge in [-0.1, -0.05) is 18.5 Å². The zero-order valence-electron chi connectivity index (χ0n) is 9.82. The molecule has 1 N–H and O–H groups in total. The maximum absolute atomic E-state index is 13.6.